The third kappa shape index (κ3) is 11.1. The van der Waals surface area contributed by atoms with Crippen molar-refractivity contribution >= 4 is 23.3 Å². The highest BCUT2D eigenvalue weighted by molar-refractivity contribution is 6.30. The van der Waals surface area contributed by atoms with Crippen molar-refractivity contribution in [1.29, 1.82) is 0 Å². The Balaban J connectivity index is 0.00000170. The van der Waals surface area contributed by atoms with E-state index in [0.29, 0.717) is 24.2 Å². The number of pyridine rings is 1. The molecule has 2 aromatic carbocycles. The highest BCUT2D eigenvalue weighted by Gasteiger charge is 2.22. The van der Waals surface area contributed by atoms with E-state index in [1.165, 1.54) is 43.2 Å². The van der Waals surface area contributed by atoms with Gasteiger partial charge in [-0.15, -0.1) is 0 Å². The molecule has 0 saturated carbocycles. The fourth-order valence-corrected chi connectivity index (χ4v) is 5.17. The van der Waals surface area contributed by atoms with Gasteiger partial charge in [-0.1, -0.05) is 127 Å². The number of hydrogen-bond acceptors (Lipinski definition) is 3. The molecule has 212 valence electrons. The van der Waals surface area contributed by atoms with Crippen molar-refractivity contribution in [3.8, 4) is 0 Å². The van der Waals surface area contributed by atoms with Gasteiger partial charge in [-0.25, -0.2) is 4.98 Å². The van der Waals surface area contributed by atoms with Crippen LogP contribution in [0.3, 0.4) is 0 Å². The molecule has 1 amide bonds. The Labute approximate surface area is 242 Å². The molecule has 0 bridgehead atoms. The fraction of sp³-hybridized carbons (Fsp3) is 0.471. The second kappa shape index (κ2) is 18.6. The number of amides is 1. The maximum absolute atomic E-state index is 13.3. The Hall–Kier alpha value is -2.69. The number of carbonyl (C=O) groups excluding carboxylic acids is 1. The Bertz CT molecular complexity index is 1050. The number of halogens is 1. The van der Waals surface area contributed by atoms with Gasteiger partial charge in [0.05, 0.1) is 0 Å². The van der Waals surface area contributed by atoms with Crippen LogP contribution in [0.15, 0.2) is 72.9 Å². The van der Waals surface area contributed by atoms with E-state index in [4.69, 9.17) is 11.6 Å². The first kappa shape index (κ1) is 32.5. The molecule has 3 aromatic rings. The maximum atomic E-state index is 13.3. The predicted octanol–water partition coefficient (Wildman–Crippen LogP) is 9.37. The summed E-state index contributed by atoms with van der Waals surface area (Å²) in [6, 6.07) is 21.3. The number of nitrogens with zero attached hydrogens (tertiary/aromatic N) is 1. The molecule has 0 radical (unpaired) electrons. The van der Waals surface area contributed by atoms with E-state index >= 15 is 0 Å². The van der Waals surface area contributed by atoms with Gasteiger partial charge in [-0.3, -0.25) is 4.79 Å². The van der Waals surface area contributed by atoms with E-state index in [2.05, 4.69) is 56.3 Å². The summed E-state index contributed by atoms with van der Waals surface area (Å²) in [5.74, 6) is 1.66. The van der Waals surface area contributed by atoms with E-state index in [0.717, 1.165) is 23.4 Å². The number of benzene rings is 2. The molecule has 0 aliphatic carbocycles. The fourth-order valence-electron chi connectivity index (χ4n) is 5.05. The zero-order valence-corrected chi connectivity index (χ0v) is 25.3. The molecule has 0 spiro atoms. The van der Waals surface area contributed by atoms with E-state index in [1.807, 2.05) is 66.9 Å². The predicted molar refractivity (Wildman–Crippen MR) is 168 cm³/mol. The molecule has 0 saturated heterocycles. The quantitative estimate of drug-likeness (QED) is 0.210. The molecule has 4 nitrogen and oxygen atoms in total. The zero-order chi connectivity index (χ0) is 28.5. The van der Waals surface area contributed by atoms with Crippen LogP contribution >= 0.6 is 11.6 Å². The van der Waals surface area contributed by atoms with Gasteiger partial charge in [-0.2, -0.15) is 0 Å². The molecule has 1 heterocycles. The van der Waals surface area contributed by atoms with Crippen molar-refractivity contribution in [3.05, 3.63) is 94.6 Å². The van der Waals surface area contributed by atoms with Crippen LogP contribution in [0.1, 0.15) is 102 Å². The molecular formula is C34H48ClN3O. The molecule has 2 N–H and O–H groups in total. The number of hydrogen-bond donors (Lipinski definition) is 2. The van der Waals surface area contributed by atoms with Crippen molar-refractivity contribution in [1.82, 2.24) is 10.3 Å². The molecule has 2 atom stereocenters. The van der Waals surface area contributed by atoms with Gasteiger partial charge >= 0.3 is 0 Å². The molecule has 1 aromatic heterocycles. The van der Waals surface area contributed by atoms with Crippen LogP contribution in [0, 0.1) is 5.92 Å². The molecule has 5 heteroatoms. The van der Waals surface area contributed by atoms with Crippen molar-refractivity contribution in [3.63, 3.8) is 0 Å². The number of rotatable bonds is 14. The van der Waals surface area contributed by atoms with Crippen LogP contribution in [0.5, 0.6) is 0 Å². The molecule has 0 aliphatic rings. The van der Waals surface area contributed by atoms with Crippen molar-refractivity contribution in [2.45, 2.75) is 91.5 Å². The van der Waals surface area contributed by atoms with Crippen LogP contribution < -0.4 is 10.6 Å². The first-order valence-corrected chi connectivity index (χ1v) is 15.1. The number of aromatic nitrogens is 1. The summed E-state index contributed by atoms with van der Waals surface area (Å²) in [4.78, 5) is 18.0. The summed E-state index contributed by atoms with van der Waals surface area (Å²) in [7, 11) is 0. The summed E-state index contributed by atoms with van der Waals surface area (Å²) < 4.78 is 0. The first-order valence-electron chi connectivity index (χ1n) is 14.8. The standard InChI is InChI=1S/C31H40ClN3O.C3H8/c1-4-10-24(11-5-2)28(6-3)26-16-19-29(34-22-26)35-31(36)30(25-12-8-7-9-13-25)33-21-20-23-14-17-27(32)18-15-23;1-3-2/h7-9,12-19,22,24,28,30,33H,4-6,10-11,20-21H2,1-3H3,(H,34,35,36);3H2,1-2H3. The van der Waals surface area contributed by atoms with Gasteiger partial charge in [0, 0.05) is 17.8 Å². The Morgan fingerprint density at radius 3 is 2.03 bits per heavy atom. The van der Waals surface area contributed by atoms with E-state index < -0.39 is 6.04 Å². The van der Waals surface area contributed by atoms with Crippen LogP contribution in [-0.4, -0.2) is 17.4 Å². The third-order valence-electron chi connectivity index (χ3n) is 6.86. The second-order valence-corrected chi connectivity index (χ2v) is 10.6. The summed E-state index contributed by atoms with van der Waals surface area (Å²) >= 11 is 6.00. The number of nitrogens with one attached hydrogen (secondary N) is 2. The highest BCUT2D eigenvalue weighted by atomic mass is 35.5. The topological polar surface area (TPSA) is 54.0 Å². The normalized spacial score (nSPS) is 12.4. The lowest BCUT2D eigenvalue weighted by Gasteiger charge is -2.26. The molecule has 0 fully saturated rings. The lowest BCUT2D eigenvalue weighted by atomic mass is 9.79. The van der Waals surface area contributed by atoms with E-state index in [1.54, 1.807) is 0 Å². The van der Waals surface area contributed by atoms with Crippen LogP contribution in [0.4, 0.5) is 5.82 Å². The molecule has 2 unspecified atom stereocenters. The maximum Gasteiger partial charge on any atom is 0.247 e. The minimum Gasteiger partial charge on any atom is -0.309 e. The molecular weight excluding hydrogens is 502 g/mol. The van der Waals surface area contributed by atoms with Crippen LogP contribution in [0.2, 0.25) is 5.02 Å². The van der Waals surface area contributed by atoms with Gasteiger partial charge in [-0.05, 0) is 59.6 Å². The van der Waals surface area contributed by atoms with Gasteiger partial charge in [0.15, 0.2) is 0 Å². The molecule has 0 aliphatic heterocycles. The van der Waals surface area contributed by atoms with Crippen LogP contribution in [-0.2, 0) is 11.2 Å². The first-order chi connectivity index (χ1) is 19.0. The smallest absolute Gasteiger partial charge is 0.247 e. The van der Waals surface area contributed by atoms with Gasteiger partial charge < -0.3 is 10.6 Å². The summed E-state index contributed by atoms with van der Waals surface area (Å²) in [5.41, 5.74) is 3.37. The van der Waals surface area contributed by atoms with E-state index in [9.17, 15) is 4.79 Å². The number of anilines is 1. The van der Waals surface area contributed by atoms with Crippen LogP contribution in [0.25, 0.3) is 0 Å². The Kier molecular flexibility index (Phi) is 15.5. The van der Waals surface area contributed by atoms with Crippen molar-refractivity contribution < 1.29 is 4.79 Å². The minimum atomic E-state index is -0.471. The lowest BCUT2D eigenvalue weighted by molar-refractivity contribution is -0.118. The summed E-state index contributed by atoms with van der Waals surface area (Å²) in [6.45, 7) is 11.7. The largest absolute Gasteiger partial charge is 0.309 e. The molecule has 3 rings (SSSR count). The van der Waals surface area contributed by atoms with Gasteiger partial charge in [0.25, 0.3) is 0 Å². The minimum absolute atomic E-state index is 0.112. The average Bonchev–Trinajstić information content (AvgIpc) is 2.94. The van der Waals surface area contributed by atoms with E-state index in [-0.39, 0.29) is 5.91 Å². The zero-order valence-electron chi connectivity index (χ0n) is 24.6. The summed E-state index contributed by atoms with van der Waals surface area (Å²) in [5, 5.41) is 7.18. The Morgan fingerprint density at radius 1 is 0.846 bits per heavy atom. The third-order valence-corrected chi connectivity index (χ3v) is 7.12. The van der Waals surface area contributed by atoms with Crippen molar-refractivity contribution in [2.24, 2.45) is 5.92 Å². The molecule has 39 heavy (non-hydrogen) atoms. The highest BCUT2D eigenvalue weighted by Crippen LogP contribution is 2.34. The van der Waals surface area contributed by atoms with Gasteiger partial charge in [0.1, 0.15) is 11.9 Å². The Morgan fingerprint density at radius 2 is 1.49 bits per heavy atom. The number of carbonyl (C=O) groups is 1. The average molecular weight is 550 g/mol. The summed E-state index contributed by atoms with van der Waals surface area (Å²) in [6.07, 6.45) is 9.99. The SMILES string of the molecule is CCC.CCCC(CCC)C(CC)c1ccc(NC(=O)C(NCCc2ccc(Cl)cc2)c2ccccc2)nc1. The van der Waals surface area contributed by atoms with Gasteiger partial charge in [0.2, 0.25) is 5.91 Å². The monoisotopic (exact) mass is 549 g/mol. The van der Waals surface area contributed by atoms with Crippen molar-refractivity contribution in [2.75, 3.05) is 11.9 Å². The second-order valence-electron chi connectivity index (χ2n) is 10.2. The lowest BCUT2D eigenvalue weighted by Crippen LogP contribution is -2.34.